The Balaban J connectivity index is 0.759. The molecule has 0 amide bonds. The SMILES string of the molecule is CC(C)(C)c1ccc2c3ccc(C(C)(C)CCC(C)(C)c4ccc5c(c4)c4ccccc4n5-c4ccc(-c5nc(-c6ccccc6)nc(-c6ccccc6)n5)c(-c5ccncc5)c4)cc3n(-c3ccc(-c4nc(-c5ccccc5)nc(-c5ccccc5)n4)c(-c4ccncc4)c3)c2c1. The van der Waals surface area contributed by atoms with E-state index in [0.29, 0.717) is 34.9 Å². The van der Waals surface area contributed by atoms with Gasteiger partial charge in [0.25, 0.3) is 0 Å². The van der Waals surface area contributed by atoms with Crippen LogP contribution in [0.15, 0.2) is 286 Å². The van der Waals surface area contributed by atoms with Gasteiger partial charge in [-0.15, -0.1) is 0 Å². The Labute approximate surface area is 571 Å². The highest BCUT2D eigenvalue weighted by molar-refractivity contribution is 6.11. The molecule has 6 heterocycles. The van der Waals surface area contributed by atoms with Crippen molar-refractivity contribution in [2.45, 2.75) is 77.6 Å². The Morgan fingerprint density at radius 1 is 0.255 bits per heavy atom. The predicted octanol–water partition coefficient (Wildman–Crippen LogP) is 21.7. The van der Waals surface area contributed by atoms with Gasteiger partial charge in [0.05, 0.1) is 22.1 Å². The molecular weight excluding hydrogens is 1200 g/mol. The van der Waals surface area contributed by atoms with E-state index in [-0.39, 0.29) is 16.2 Å². The Hall–Kier alpha value is -11.9. The van der Waals surface area contributed by atoms with Crippen molar-refractivity contribution in [2.75, 3.05) is 0 Å². The van der Waals surface area contributed by atoms with Crippen molar-refractivity contribution in [1.82, 2.24) is 49.0 Å². The van der Waals surface area contributed by atoms with Crippen molar-refractivity contribution in [1.29, 1.82) is 0 Å². The third kappa shape index (κ3) is 11.5. The first-order chi connectivity index (χ1) is 47.7. The van der Waals surface area contributed by atoms with Crippen molar-refractivity contribution < 1.29 is 0 Å². The topological polar surface area (TPSA) is 113 Å². The summed E-state index contributed by atoms with van der Waals surface area (Å²) in [4.78, 5) is 39.8. The summed E-state index contributed by atoms with van der Waals surface area (Å²) >= 11 is 0. The number of benzene rings is 10. The van der Waals surface area contributed by atoms with Crippen molar-refractivity contribution in [3.8, 4) is 102 Å². The van der Waals surface area contributed by atoms with Crippen LogP contribution in [-0.4, -0.2) is 49.0 Å². The molecule has 10 heteroatoms. The fourth-order valence-electron chi connectivity index (χ4n) is 13.9. The van der Waals surface area contributed by atoms with Gasteiger partial charge in [0.1, 0.15) is 0 Å². The van der Waals surface area contributed by atoms with Crippen LogP contribution in [0.5, 0.6) is 0 Å². The lowest BCUT2D eigenvalue weighted by atomic mass is 9.72. The molecule has 0 N–H and O–H groups in total. The van der Waals surface area contributed by atoms with Crippen LogP contribution in [-0.2, 0) is 16.2 Å². The van der Waals surface area contributed by atoms with Gasteiger partial charge in [-0.25, -0.2) is 29.9 Å². The number of hydrogen-bond donors (Lipinski definition) is 0. The van der Waals surface area contributed by atoms with E-state index in [1.165, 1.54) is 38.2 Å². The lowest BCUT2D eigenvalue weighted by molar-refractivity contribution is 0.375. The Bertz CT molecular complexity index is 5530. The van der Waals surface area contributed by atoms with Crippen LogP contribution >= 0.6 is 0 Å². The highest BCUT2D eigenvalue weighted by Crippen LogP contribution is 2.45. The first-order valence-electron chi connectivity index (χ1n) is 33.7. The predicted molar refractivity (Wildman–Crippen MR) is 401 cm³/mol. The van der Waals surface area contributed by atoms with Gasteiger partial charge in [-0.3, -0.25) is 9.97 Å². The molecule has 16 rings (SSSR count). The van der Waals surface area contributed by atoms with Gasteiger partial charge in [0, 0.05) is 91.1 Å². The largest absolute Gasteiger partial charge is 0.309 e. The zero-order chi connectivity index (χ0) is 66.7. The summed E-state index contributed by atoms with van der Waals surface area (Å²) in [6.45, 7) is 16.5. The normalized spacial score (nSPS) is 12.1. The number of hydrogen-bond acceptors (Lipinski definition) is 8. The fraction of sp³-hybridized carbons (Fsp3) is 0.136. The standard InChI is InChI=1S/C88H72N10/c1-86(2,3)63-32-37-69-70-38-33-65(54-79(70)98(78(69)53-63)67-36-40-72(74(56-67)58-44-50-90-51-45-58)85-95-82(61-26-16-10-17-27-61)92-83(96-85)62-28-18-11-19-29-62)88(6,7)47-46-87(4,5)64-34-41-77-75(52-64)68-30-20-21-31-76(68)97(77)66-35-39-71(73(55-66)57-42-48-89-49-43-57)84-93-80(59-22-12-8-13-23-59)91-81(94-84)60-24-14-9-15-25-60/h8-45,48-56H,46-47H2,1-7H3. The molecule has 0 fully saturated rings. The van der Waals surface area contributed by atoms with Crippen LogP contribution in [0.1, 0.15) is 78.0 Å². The van der Waals surface area contributed by atoms with E-state index in [1.54, 1.807) is 0 Å². The van der Waals surface area contributed by atoms with E-state index < -0.39 is 0 Å². The smallest absolute Gasteiger partial charge is 0.164 e. The van der Waals surface area contributed by atoms with Gasteiger partial charge >= 0.3 is 0 Å². The van der Waals surface area contributed by atoms with Crippen molar-refractivity contribution >= 4 is 43.6 Å². The highest BCUT2D eigenvalue weighted by Gasteiger charge is 2.30. The second-order valence-corrected chi connectivity index (χ2v) is 27.9. The third-order valence-electron chi connectivity index (χ3n) is 19.6. The van der Waals surface area contributed by atoms with Gasteiger partial charge in [-0.2, -0.15) is 0 Å². The zero-order valence-corrected chi connectivity index (χ0v) is 56.0. The minimum atomic E-state index is -0.201. The Morgan fingerprint density at radius 3 is 1.04 bits per heavy atom. The van der Waals surface area contributed by atoms with Crippen LogP contribution in [0, 0.1) is 0 Å². The lowest BCUT2D eigenvalue weighted by Crippen LogP contribution is -2.24. The number of fused-ring (bicyclic) bond motifs is 6. The highest BCUT2D eigenvalue weighted by atomic mass is 15.1. The molecule has 98 heavy (non-hydrogen) atoms. The summed E-state index contributed by atoms with van der Waals surface area (Å²) in [7, 11) is 0. The minimum absolute atomic E-state index is 0.0769. The number of pyridine rings is 2. The quantitative estimate of drug-likeness (QED) is 0.0997. The molecule has 0 atom stereocenters. The second-order valence-electron chi connectivity index (χ2n) is 27.9. The van der Waals surface area contributed by atoms with E-state index in [4.69, 9.17) is 29.9 Å². The monoisotopic (exact) mass is 1270 g/mol. The molecule has 474 valence electrons. The number of aromatic nitrogens is 10. The maximum atomic E-state index is 5.23. The fourth-order valence-corrected chi connectivity index (χ4v) is 13.9. The average molecular weight is 1270 g/mol. The van der Waals surface area contributed by atoms with Crippen molar-refractivity contribution in [3.05, 3.63) is 302 Å². The van der Waals surface area contributed by atoms with E-state index in [2.05, 4.69) is 231 Å². The molecule has 0 unspecified atom stereocenters. The molecule has 0 radical (unpaired) electrons. The molecule has 10 nitrogen and oxygen atoms in total. The van der Waals surface area contributed by atoms with E-state index in [0.717, 1.165) is 102 Å². The average Bonchev–Trinajstić information content (AvgIpc) is 1.57. The molecule has 6 aromatic heterocycles. The van der Waals surface area contributed by atoms with Gasteiger partial charge in [0.2, 0.25) is 0 Å². The summed E-state index contributed by atoms with van der Waals surface area (Å²) in [5, 5.41) is 4.84. The van der Waals surface area contributed by atoms with Crippen LogP contribution < -0.4 is 0 Å². The van der Waals surface area contributed by atoms with Crippen LogP contribution in [0.25, 0.3) is 146 Å². The molecule has 0 spiro atoms. The third-order valence-corrected chi connectivity index (χ3v) is 19.6. The van der Waals surface area contributed by atoms with Crippen molar-refractivity contribution in [3.63, 3.8) is 0 Å². The molecule has 0 aliphatic carbocycles. The maximum Gasteiger partial charge on any atom is 0.164 e. The first-order valence-corrected chi connectivity index (χ1v) is 33.7. The zero-order valence-electron chi connectivity index (χ0n) is 56.0. The van der Waals surface area contributed by atoms with Gasteiger partial charge in [0.15, 0.2) is 34.9 Å². The Morgan fingerprint density at radius 2 is 0.602 bits per heavy atom. The van der Waals surface area contributed by atoms with Crippen LogP contribution in [0.4, 0.5) is 0 Å². The van der Waals surface area contributed by atoms with Crippen molar-refractivity contribution in [2.24, 2.45) is 0 Å². The molecule has 16 aromatic rings. The number of para-hydroxylation sites is 1. The molecule has 0 saturated carbocycles. The van der Waals surface area contributed by atoms with Gasteiger partial charge in [-0.1, -0.05) is 218 Å². The van der Waals surface area contributed by atoms with E-state index in [9.17, 15) is 0 Å². The summed E-state index contributed by atoms with van der Waals surface area (Å²) in [5.74, 6) is 3.66. The molecule has 0 saturated heterocycles. The molecule has 10 aromatic carbocycles. The number of rotatable bonds is 15. The lowest BCUT2D eigenvalue weighted by Gasteiger charge is -2.32. The summed E-state index contributed by atoms with van der Waals surface area (Å²) in [6, 6.07) is 92.5. The maximum absolute atomic E-state index is 5.23. The van der Waals surface area contributed by atoms with Crippen LogP contribution in [0.3, 0.4) is 0 Å². The summed E-state index contributed by atoms with van der Waals surface area (Å²) in [5.41, 5.74) is 19.6. The molecule has 0 aliphatic rings. The van der Waals surface area contributed by atoms with E-state index in [1.807, 2.05) is 122 Å². The second kappa shape index (κ2) is 24.7. The molecule has 0 aliphatic heterocycles. The number of nitrogens with zero attached hydrogens (tertiary/aromatic N) is 10. The Kier molecular flexibility index (Phi) is 15.4. The van der Waals surface area contributed by atoms with Crippen LogP contribution in [0.2, 0.25) is 0 Å². The van der Waals surface area contributed by atoms with E-state index >= 15 is 0 Å². The van der Waals surface area contributed by atoms with Gasteiger partial charge in [-0.05, 0) is 159 Å². The first kappa shape index (κ1) is 61.0. The summed E-state index contributed by atoms with van der Waals surface area (Å²) in [6.07, 6.45) is 9.32. The molecule has 0 bridgehead atoms. The van der Waals surface area contributed by atoms with Gasteiger partial charge < -0.3 is 9.13 Å². The minimum Gasteiger partial charge on any atom is -0.309 e. The summed E-state index contributed by atoms with van der Waals surface area (Å²) < 4.78 is 4.89. The molecular formula is C88H72N10.